The van der Waals surface area contributed by atoms with Crippen LogP contribution in [0.3, 0.4) is 0 Å². The van der Waals surface area contributed by atoms with E-state index in [0.717, 1.165) is 16.4 Å². The van der Waals surface area contributed by atoms with Gasteiger partial charge in [0.25, 0.3) is 0 Å². The number of rotatable bonds is 6. The highest BCUT2D eigenvalue weighted by Gasteiger charge is 2.35. The van der Waals surface area contributed by atoms with Crippen LogP contribution < -0.4 is 10.1 Å². The maximum absolute atomic E-state index is 13.5. The molecule has 0 amide bonds. The third kappa shape index (κ3) is 4.87. The second kappa shape index (κ2) is 8.02. The molecular weight excluding hydrogens is 398 g/mol. The molecule has 3 aromatic heterocycles. The Hall–Kier alpha value is -2.62. The molecule has 1 N–H and O–H groups in total. The van der Waals surface area contributed by atoms with Crippen LogP contribution in [0.2, 0.25) is 0 Å². The molecule has 1 fully saturated rings. The number of anilines is 1. The second-order valence-corrected chi connectivity index (χ2v) is 8.14. The number of alkyl halides is 2. The van der Waals surface area contributed by atoms with Gasteiger partial charge in [0.1, 0.15) is 28.9 Å². The quantitative estimate of drug-likeness (QED) is 0.644. The number of thiazole rings is 1. The third-order valence-corrected chi connectivity index (χ3v) is 5.88. The number of hydrogen-bond acceptors (Lipinski definition) is 7. The summed E-state index contributed by atoms with van der Waals surface area (Å²) >= 11 is 1.50. The van der Waals surface area contributed by atoms with E-state index in [4.69, 9.17) is 4.74 Å². The van der Waals surface area contributed by atoms with Gasteiger partial charge in [0.2, 0.25) is 5.92 Å². The number of pyridine rings is 1. The van der Waals surface area contributed by atoms with Crippen molar-refractivity contribution in [2.75, 3.05) is 5.32 Å². The van der Waals surface area contributed by atoms with Gasteiger partial charge < -0.3 is 10.1 Å². The molecule has 29 heavy (non-hydrogen) atoms. The summed E-state index contributed by atoms with van der Waals surface area (Å²) in [6.07, 6.45) is 2.26. The standard InChI is InChI=1S/C19H22F2N6OS/c1-12-11-29-18(23-12)16-7-15(28-10-14-9-22-26-27(14)2)8-17(25-16)24-13-3-5-19(20,21)6-4-13/h7-9,11,13H,3-6,10H2,1-2H3,(H,24,25). The van der Waals surface area contributed by atoms with Crippen molar-refractivity contribution in [1.29, 1.82) is 0 Å². The van der Waals surface area contributed by atoms with Crippen LogP contribution in [0, 0.1) is 6.92 Å². The monoisotopic (exact) mass is 420 g/mol. The minimum atomic E-state index is -2.56. The van der Waals surface area contributed by atoms with E-state index in [1.54, 1.807) is 24.0 Å². The van der Waals surface area contributed by atoms with Crippen LogP contribution in [-0.2, 0) is 13.7 Å². The second-order valence-electron chi connectivity index (χ2n) is 7.28. The molecule has 3 heterocycles. The molecule has 0 unspecified atom stereocenters. The summed E-state index contributed by atoms with van der Waals surface area (Å²) in [5, 5.41) is 13.8. The van der Waals surface area contributed by atoms with E-state index >= 15 is 0 Å². The molecule has 4 rings (SSSR count). The molecule has 0 atom stereocenters. The summed E-state index contributed by atoms with van der Waals surface area (Å²) in [4.78, 5) is 9.15. The molecule has 1 saturated carbocycles. The molecule has 0 aromatic carbocycles. The Morgan fingerprint density at radius 2 is 2.07 bits per heavy atom. The average Bonchev–Trinajstić information content (AvgIpc) is 3.30. The Morgan fingerprint density at radius 1 is 1.28 bits per heavy atom. The topological polar surface area (TPSA) is 77.8 Å². The number of ether oxygens (including phenoxy) is 1. The fraction of sp³-hybridized carbons (Fsp3) is 0.474. The Bertz CT molecular complexity index is 979. The maximum atomic E-state index is 13.5. The molecular formula is C19H22F2N6OS. The van der Waals surface area contributed by atoms with Gasteiger partial charge in [-0.3, -0.25) is 0 Å². The Kier molecular flexibility index (Phi) is 5.44. The van der Waals surface area contributed by atoms with Crippen LogP contribution in [0.4, 0.5) is 14.6 Å². The van der Waals surface area contributed by atoms with Crippen molar-refractivity contribution in [2.24, 2.45) is 7.05 Å². The summed E-state index contributed by atoms with van der Waals surface area (Å²) in [6.45, 7) is 2.23. The van der Waals surface area contributed by atoms with Crippen molar-refractivity contribution >= 4 is 17.2 Å². The molecule has 3 aromatic rings. The van der Waals surface area contributed by atoms with E-state index in [-0.39, 0.29) is 18.9 Å². The normalized spacial score (nSPS) is 16.7. The lowest BCUT2D eigenvalue weighted by molar-refractivity contribution is -0.0361. The Balaban J connectivity index is 1.55. The summed E-state index contributed by atoms with van der Waals surface area (Å²) in [6, 6.07) is 3.59. The van der Waals surface area contributed by atoms with Crippen molar-refractivity contribution in [1.82, 2.24) is 25.0 Å². The molecule has 154 valence electrons. The van der Waals surface area contributed by atoms with Crippen LogP contribution in [0.15, 0.2) is 23.7 Å². The number of halogens is 2. The predicted octanol–water partition coefficient (Wildman–Crippen LogP) is 4.21. The van der Waals surface area contributed by atoms with Gasteiger partial charge in [-0.15, -0.1) is 16.4 Å². The Labute approximate surface area is 171 Å². The van der Waals surface area contributed by atoms with Gasteiger partial charge in [-0.25, -0.2) is 23.4 Å². The van der Waals surface area contributed by atoms with Gasteiger partial charge in [-0.2, -0.15) is 0 Å². The zero-order valence-electron chi connectivity index (χ0n) is 16.2. The number of hydrogen-bond donors (Lipinski definition) is 1. The van der Waals surface area contributed by atoms with Gasteiger partial charge in [0, 0.05) is 49.1 Å². The SMILES string of the molecule is Cc1csc(-c2cc(OCc3cnnn3C)cc(NC3CCC(F)(F)CC3)n2)n1. The number of nitrogens with one attached hydrogen (secondary N) is 1. The van der Waals surface area contributed by atoms with Crippen molar-refractivity contribution in [3.63, 3.8) is 0 Å². The van der Waals surface area contributed by atoms with E-state index in [0.29, 0.717) is 36.7 Å². The zero-order chi connectivity index (χ0) is 20.4. The highest BCUT2D eigenvalue weighted by atomic mass is 32.1. The first-order valence-corrected chi connectivity index (χ1v) is 10.3. The van der Waals surface area contributed by atoms with Gasteiger partial charge in [0.05, 0.1) is 11.9 Å². The highest BCUT2D eigenvalue weighted by Crippen LogP contribution is 2.35. The van der Waals surface area contributed by atoms with E-state index in [2.05, 4.69) is 25.6 Å². The highest BCUT2D eigenvalue weighted by molar-refractivity contribution is 7.13. The minimum absolute atomic E-state index is 0.0375. The van der Waals surface area contributed by atoms with Crippen molar-refractivity contribution in [3.8, 4) is 16.5 Å². The fourth-order valence-electron chi connectivity index (χ4n) is 3.24. The first-order chi connectivity index (χ1) is 13.9. The summed E-state index contributed by atoms with van der Waals surface area (Å²) in [7, 11) is 1.80. The van der Waals surface area contributed by atoms with Crippen LogP contribution in [0.25, 0.3) is 10.7 Å². The molecule has 1 aliphatic carbocycles. The van der Waals surface area contributed by atoms with Crippen LogP contribution >= 0.6 is 11.3 Å². The molecule has 7 nitrogen and oxygen atoms in total. The van der Waals surface area contributed by atoms with Crippen molar-refractivity contribution < 1.29 is 13.5 Å². The van der Waals surface area contributed by atoms with Crippen LogP contribution in [-0.4, -0.2) is 36.9 Å². The number of aryl methyl sites for hydroxylation is 2. The molecule has 0 bridgehead atoms. The molecule has 0 radical (unpaired) electrons. The summed E-state index contributed by atoms with van der Waals surface area (Å²) in [5.74, 6) is -1.34. The van der Waals surface area contributed by atoms with Crippen LogP contribution in [0.5, 0.6) is 5.75 Å². The van der Waals surface area contributed by atoms with Crippen molar-refractivity contribution in [3.05, 3.63) is 35.1 Å². The first-order valence-electron chi connectivity index (χ1n) is 9.43. The van der Waals surface area contributed by atoms with E-state index in [1.165, 1.54) is 11.3 Å². The molecule has 0 saturated heterocycles. The van der Waals surface area contributed by atoms with Gasteiger partial charge >= 0.3 is 0 Å². The smallest absolute Gasteiger partial charge is 0.248 e. The molecule has 0 aliphatic heterocycles. The Morgan fingerprint density at radius 3 is 2.72 bits per heavy atom. The molecule has 10 heteroatoms. The third-order valence-electron chi connectivity index (χ3n) is 4.90. The lowest BCUT2D eigenvalue weighted by Gasteiger charge is -2.29. The van der Waals surface area contributed by atoms with E-state index in [1.807, 2.05) is 18.4 Å². The lowest BCUT2D eigenvalue weighted by atomic mass is 9.92. The zero-order valence-corrected chi connectivity index (χ0v) is 17.0. The largest absolute Gasteiger partial charge is 0.487 e. The minimum Gasteiger partial charge on any atom is -0.487 e. The van der Waals surface area contributed by atoms with E-state index < -0.39 is 5.92 Å². The molecule has 0 spiro atoms. The van der Waals surface area contributed by atoms with Gasteiger partial charge in [0.15, 0.2) is 0 Å². The predicted molar refractivity (Wildman–Crippen MR) is 106 cm³/mol. The van der Waals surface area contributed by atoms with E-state index in [9.17, 15) is 8.78 Å². The molecule has 1 aliphatic rings. The number of aromatic nitrogens is 5. The van der Waals surface area contributed by atoms with Crippen molar-refractivity contribution in [2.45, 2.75) is 51.2 Å². The first kappa shape index (κ1) is 19.7. The van der Waals surface area contributed by atoms with Gasteiger partial charge in [-0.1, -0.05) is 5.21 Å². The van der Waals surface area contributed by atoms with Crippen LogP contribution in [0.1, 0.15) is 37.1 Å². The summed E-state index contributed by atoms with van der Waals surface area (Å²) < 4.78 is 34.5. The number of nitrogens with zero attached hydrogens (tertiary/aromatic N) is 5. The fourth-order valence-corrected chi connectivity index (χ4v) is 3.99. The summed E-state index contributed by atoms with van der Waals surface area (Å²) in [5.41, 5.74) is 2.44. The van der Waals surface area contributed by atoms with Gasteiger partial charge in [-0.05, 0) is 19.8 Å². The average molecular weight is 420 g/mol. The maximum Gasteiger partial charge on any atom is 0.248 e. The lowest BCUT2D eigenvalue weighted by Crippen LogP contribution is -2.32.